The molecule has 0 atom stereocenters. The standard InChI is InChI=1S/C15H23N3O2/c1-12-15(20)14(13(11-19)9-17-12)10-16-5-8-18-6-3-2-4-7-18/h9-10,19-20H,2-8,11H2,1H3. The van der Waals surface area contributed by atoms with E-state index in [9.17, 15) is 10.2 Å². The lowest BCUT2D eigenvalue weighted by Crippen LogP contribution is -2.31. The van der Waals surface area contributed by atoms with Crippen LogP contribution in [0.4, 0.5) is 0 Å². The van der Waals surface area contributed by atoms with Gasteiger partial charge in [-0.15, -0.1) is 0 Å². The molecule has 2 N–H and O–H groups in total. The smallest absolute Gasteiger partial charge is 0.145 e. The molecule has 110 valence electrons. The number of aliphatic imine (C=N–C) groups is 1. The Bertz CT molecular complexity index is 468. The van der Waals surface area contributed by atoms with Gasteiger partial charge < -0.3 is 15.1 Å². The maximum atomic E-state index is 9.98. The first-order valence-electron chi connectivity index (χ1n) is 7.23. The van der Waals surface area contributed by atoms with E-state index in [0.717, 1.165) is 19.6 Å². The summed E-state index contributed by atoms with van der Waals surface area (Å²) in [6.45, 7) is 5.59. The highest BCUT2D eigenvalue weighted by Crippen LogP contribution is 2.21. The van der Waals surface area contributed by atoms with E-state index in [-0.39, 0.29) is 12.4 Å². The molecule has 0 unspecified atom stereocenters. The first kappa shape index (κ1) is 14.9. The van der Waals surface area contributed by atoms with Crippen LogP contribution in [0.25, 0.3) is 0 Å². The second-order valence-corrected chi connectivity index (χ2v) is 5.23. The number of aliphatic hydroxyl groups is 1. The number of aromatic nitrogens is 1. The molecule has 0 spiro atoms. The largest absolute Gasteiger partial charge is 0.505 e. The Morgan fingerprint density at radius 3 is 2.80 bits per heavy atom. The van der Waals surface area contributed by atoms with Crippen LogP contribution in [0.5, 0.6) is 5.75 Å². The van der Waals surface area contributed by atoms with Crippen LogP contribution >= 0.6 is 0 Å². The molecule has 20 heavy (non-hydrogen) atoms. The topological polar surface area (TPSA) is 69.0 Å². The lowest BCUT2D eigenvalue weighted by atomic mass is 10.1. The van der Waals surface area contributed by atoms with Crippen LogP contribution in [-0.2, 0) is 6.61 Å². The Kier molecular flexibility index (Phi) is 5.49. The van der Waals surface area contributed by atoms with Gasteiger partial charge in [-0.1, -0.05) is 6.42 Å². The second kappa shape index (κ2) is 7.36. The SMILES string of the molecule is Cc1ncc(CO)c(C=NCCN2CCCCC2)c1O. The molecule has 0 saturated carbocycles. The zero-order valence-corrected chi connectivity index (χ0v) is 12.0. The van der Waals surface area contributed by atoms with E-state index in [1.165, 1.54) is 19.3 Å². The van der Waals surface area contributed by atoms with Gasteiger partial charge >= 0.3 is 0 Å². The van der Waals surface area contributed by atoms with Gasteiger partial charge in [0.2, 0.25) is 0 Å². The lowest BCUT2D eigenvalue weighted by Gasteiger charge is -2.25. The maximum absolute atomic E-state index is 9.98. The van der Waals surface area contributed by atoms with Crippen molar-refractivity contribution in [2.75, 3.05) is 26.2 Å². The highest BCUT2D eigenvalue weighted by molar-refractivity contribution is 5.85. The fraction of sp³-hybridized carbons (Fsp3) is 0.600. The van der Waals surface area contributed by atoms with Gasteiger partial charge in [0, 0.05) is 30.1 Å². The summed E-state index contributed by atoms with van der Waals surface area (Å²) in [5.41, 5.74) is 1.74. The van der Waals surface area contributed by atoms with Gasteiger partial charge in [-0.3, -0.25) is 9.98 Å². The minimum absolute atomic E-state index is 0.110. The van der Waals surface area contributed by atoms with Crippen LogP contribution in [-0.4, -0.2) is 52.5 Å². The number of nitrogens with zero attached hydrogens (tertiary/aromatic N) is 3. The van der Waals surface area contributed by atoms with Gasteiger partial charge in [0.05, 0.1) is 18.8 Å². The molecule has 0 radical (unpaired) electrons. The van der Waals surface area contributed by atoms with Crippen molar-refractivity contribution in [3.8, 4) is 5.75 Å². The Hall–Kier alpha value is -1.46. The van der Waals surface area contributed by atoms with E-state index in [1.807, 2.05) is 0 Å². The third-order valence-electron chi connectivity index (χ3n) is 3.74. The minimum atomic E-state index is -0.145. The number of aromatic hydroxyl groups is 1. The Morgan fingerprint density at radius 1 is 1.35 bits per heavy atom. The molecule has 0 aromatic carbocycles. The number of aliphatic hydroxyl groups excluding tert-OH is 1. The quantitative estimate of drug-likeness (QED) is 0.800. The van der Waals surface area contributed by atoms with Crippen molar-refractivity contribution in [3.63, 3.8) is 0 Å². The van der Waals surface area contributed by atoms with E-state index in [2.05, 4.69) is 14.9 Å². The number of likely N-dealkylation sites (tertiary alicyclic amines) is 1. The predicted molar refractivity (Wildman–Crippen MR) is 79.3 cm³/mol. The molecule has 0 aliphatic carbocycles. The van der Waals surface area contributed by atoms with Crippen LogP contribution < -0.4 is 0 Å². The second-order valence-electron chi connectivity index (χ2n) is 5.23. The molecule has 1 fully saturated rings. The lowest BCUT2D eigenvalue weighted by molar-refractivity contribution is 0.235. The van der Waals surface area contributed by atoms with E-state index in [1.54, 1.807) is 19.3 Å². The Morgan fingerprint density at radius 2 is 2.10 bits per heavy atom. The van der Waals surface area contributed by atoms with E-state index in [4.69, 9.17) is 0 Å². The van der Waals surface area contributed by atoms with E-state index < -0.39 is 0 Å². The molecule has 0 bridgehead atoms. The normalized spacial score (nSPS) is 16.9. The van der Waals surface area contributed by atoms with Gasteiger partial charge in [0.25, 0.3) is 0 Å². The molecule has 0 amide bonds. The molecule has 1 saturated heterocycles. The highest BCUT2D eigenvalue weighted by Gasteiger charge is 2.10. The van der Waals surface area contributed by atoms with Gasteiger partial charge in [-0.25, -0.2) is 0 Å². The van der Waals surface area contributed by atoms with Crippen molar-refractivity contribution < 1.29 is 10.2 Å². The van der Waals surface area contributed by atoms with Crippen molar-refractivity contribution in [3.05, 3.63) is 23.0 Å². The van der Waals surface area contributed by atoms with Crippen molar-refractivity contribution in [2.45, 2.75) is 32.8 Å². The monoisotopic (exact) mass is 277 g/mol. The Labute approximate surface area is 120 Å². The van der Waals surface area contributed by atoms with Crippen LogP contribution in [0.1, 0.15) is 36.1 Å². The van der Waals surface area contributed by atoms with Crippen molar-refractivity contribution in [1.82, 2.24) is 9.88 Å². The van der Waals surface area contributed by atoms with Gasteiger partial charge in [0.1, 0.15) is 5.75 Å². The fourth-order valence-corrected chi connectivity index (χ4v) is 2.46. The van der Waals surface area contributed by atoms with E-state index in [0.29, 0.717) is 23.4 Å². The maximum Gasteiger partial charge on any atom is 0.145 e. The zero-order valence-electron chi connectivity index (χ0n) is 12.0. The molecule has 1 aromatic heterocycles. The Balaban J connectivity index is 1.95. The number of hydrogen-bond donors (Lipinski definition) is 2. The van der Waals surface area contributed by atoms with Crippen LogP contribution in [0.15, 0.2) is 11.2 Å². The minimum Gasteiger partial charge on any atom is -0.505 e. The summed E-state index contributed by atoms with van der Waals surface area (Å²) in [7, 11) is 0. The van der Waals surface area contributed by atoms with Gasteiger partial charge in [-0.2, -0.15) is 0 Å². The predicted octanol–water partition coefficient (Wildman–Crippen LogP) is 1.49. The van der Waals surface area contributed by atoms with Crippen molar-refractivity contribution >= 4 is 6.21 Å². The molecule has 2 rings (SSSR count). The molecule has 1 aromatic rings. The number of pyridine rings is 1. The third-order valence-corrected chi connectivity index (χ3v) is 3.74. The molecule has 2 heterocycles. The summed E-state index contributed by atoms with van der Waals surface area (Å²) in [6, 6.07) is 0. The number of aryl methyl sites for hydroxylation is 1. The molecule has 5 heteroatoms. The summed E-state index contributed by atoms with van der Waals surface area (Å²) in [5, 5.41) is 19.3. The summed E-state index contributed by atoms with van der Waals surface area (Å²) in [5.74, 6) is 0.110. The van der Waals surface area contributed by atoms with Crippen molar-refractivity contribution in [1.29, 1.82) is 0 Å². The first-order chi connectivity index (χ1) is 9.72. The third kappa shape index (κ3) is 3.77. The number of hydrogen-bond acceptors (Lipinski definition) is 5. The fourth-order valence-electron chi connectivity index (χ4n) is 2.46. The van der Waals surface area contributed by atoms with Crippen molar-refractivity contribution in [2.24, 2.45) is 4.99 Å². The van der Waals surface area contributed by atoms with Crippen LogP contribution in [0.3, 0.4) is 0 Å². The van der Waals surface area contributed by atoms with Crippen LogP contribution in [0.2, 0.25) is 0 Å². The highest BCUT2D eigenvalue weighted by atomic mass is 16.3. The summed E-state index contributed by atoms with van der Waals surface area (Å²) < 4.78 is 0. The van der Waals surface area contributed by atoms with Crippen LogP contribution in [0, 0.1) is 6.92 Å². The van der Waals surface area contributed by atoms with Gasteiger partial charge in [-0.05, 0) is 32.9 Å². The molecular formula is C15H23N3O2. The molecular weight excluding hydrogens is 254 g/mol. The van der Waals surface area contributed by atoms with Gasteiger partial charge in [0.15, 0.2) is 0 Å². The first-order valence-corrected chi connectivity index (χ1v) is 7.23. The van der Waals surface area contributed by atoms with E-state index >= 15 is 0 Å². The summed E-state index contributed by atoms with van der Waals surface area (Å²) in [6.07, 6.45) is 7.13. The molecule has 1 aliphatic rings. The molecule has 1 aliphatic heterocycles. The average Bonchev–Trinajstić information content (AvgIpc) is 2.49. The summed E-state index contributed by atoms with van der Waals surface area (Å²) >= 11 is 0. The number of rotatable bonds is 5. The number of piperidine rings is 1. The molecule has 5 nitrogen and oxygen atoms in total. The zero-order chi connectivity index (χ0) is 14.4. The average molecular weight is 277 g/mol. The summed E-state index contributed by atoms with van der Waals surface area (Å²) in [4.78, 5) is 10.8.